The summed E-state index contributed by atoms with van der Waals surface area (Å²) in [6.45, 7) is 1.97. The smallest absolute Gasteiger partial charge is 0.246 e. The number of H-pyrrole nitrogens is 1. The first-order valence-electron chi connectivity index (χ1n) is 6.02. The number of carbonyl (C=O) groups excluding carboxylic acids is 1. The number of sulfonamides is 1. The summed E-state index contributed by atoms with van der Waals surface area (Å²) in [5.41, 5.74) is 0. The van der Waals surface area contributed by atoms with Gasteiger partial charge in [-0.05, 0) is 19.8 Å². The van der Waals surface area contributed by atoms with Crippen molar-refractivity contribution < 1.29 is 13.2 Å². The highest BCUT2D eigenvalue weighted by atomic mass is 32.2. The third-order valence-electron chi connectivity index (χ3n) is 3.18. The van der Waals surface area contributed by atoms with Crippen molar-refractivity contribution in [1.29, 1.82) is 0 Å². The summed E-state index contributed by atoms with van der Waals surface area (Å²) in [5.74, 6) is 0.0225. The van der Waals surface area contributed by atoms with Crippen molar-refractivity contribution in [3.8, 4) is 0 Å². The summed E-state index contributed by atoms with van der Waals surface area (Å²) in [6.07, 6.45) is 5.51. The van der Waals surface area contributed by atoms with Gasteiger partial charge in [0.2, 0.25) is 10.0 Å². The molecule has 1 aliphatic rings. The quantitative estimate of drug-likeness (QED) is 0.883. The Morgan fingerprint density at radius 2 is 2.33 bits per heavy atom. The van der Waals surface area contributed by atoms with Gasteiger partial charge in [0.05, 0.1) is 6.20 Å². The summed E-state index contributed by atoms with van der Waals surface area (Å²) >= 11 is 0. The predicted molar refractivity (Wildman–Crippen MR) is 65.4 cm³/mol. The SMILES string of the molecule is CC(=O)CC1CCCCN1S(=O)(=O)c1cn[nH]c1. The molecule has 1 unspecified atom stereocenters. The zero-order chi connectivity index (χ0) is 13.2. The molecular weight excluding hydrogens is 254 g/mol. The number of rotatable bonds is 4. The van der Waals surface area contributed by atoms with Crippen LogP contribution in [0.25, 0.3) is 0 Å². The number of piperidine rings is 1. The average molecular weight is 271 g/mol. The summed E-state index contributed by atoms with van der Waals surface area (Å²) < 4.78 is 26.2. The summed E-state index contributed by atoms with van der Waals surface area (Å²) in [7, 11) is -3.53. The van der Waals surface area contributed by atoms with Crippen molar-refractivity contribution in [2.24, 2.45) is 0 Å². The van der Waals surface area contributed by atoms with E-state index in [0.717, 1.165) is 19.3 Å². The van der Waals surface area contributed by atoms with Gasteiger partial charge >= 0.3 is 0 Å². The minimum Gasteiger partial charge on any atom is -0.300 e. The van der Waals surface area contributed by atoms with E-state index in [1.165, 1.54) is 23.6 Å². The first-order valence-corrected chi connectivity index (χ1v) is 7.46. The molecule has 0 amide bonds. The van der Waals surface area contributed by atoms with E-state index in [4.69, 9.17) is 0 Å². The molecule has 0 spiro atoms. The van der Waals surface area contributed by atoms with Crippen LogP contribution in [0.3, 0.4) is 0 Å². The Morgan fingerprint density at radius 1 is 1.56 bits per heavy atom. The van der Waals surface area contributed by atoms with Crippen molar-refractivity contribution in [3.05, 3.63) is 12.4 Å². The van der Waals surface area contributed by atoms with Crippen LogP contribution in [0.5, 0.6) is 0 Å². The molecule has 1 aromatic heterocycles. The Balaban J connectivity index is 2.26. The third-order valence-corrected chi connectivity index (χ3v) is 5.09. The molecule has 2 heterocycles. The molecule has 18 heavy (non-hydrogen) atoms. The number of ketones is 1. The summed E-state index contributed by atoms with van der Waals surface area (Å²) in [6, 6.07) is -0.212. The van der Waals surface area contributed by atoms with Crippen LogP contribution in [0.15, 0.2) is 17.3 Å². The topological polar surface area (TPSA) is 83.1 Å². The normalized spacial score (nSPS) is 21.9. The van der Waals surface area contributed by atoms with Gasteiger partial charge in [0.15, 0.2) is 0 Å². The summed E-state index contributed by atoms with van der Waals surface area (Å²) in [5, 5.41) is 6.18. The number of carbonyl (C=O) groups is 1. The van der Waals surface area contributed by atoms with Crippen molar-refractivity contribution >= 4 is 15.8 Å². The lowest BCUT2D eigenvalue weighted by Gasteiger charge is -2.33. The number of hydrogen-bond donors (Lipinski definition) is 1. The first-order chi connectivity index (χ1) is 8.51. The van der Waals surface area contributed by atoms with Gasteiger partial charge in [-0.1, -0.05) is 6.42 Å². The van der Waals surface area contributed by atoms with Gasteiger partial charge in [0, 0.05) is 25.2 Å². The zero-order valence-corrected chi connectivity index (χ0v) is 11.1. The van der Waals surface area contributed by atoms with Gasteiger partial charge in [-0.25, -0.2) is 8.42 Å². The number of aromatic amines is 1. The second kappa shape index (κ2) is 5.19. The molecule has 0 radical (unpaired) electrons. The fourth-order valence-corrected chi connectivity index (χ4v) is 3.94. The molecule has 1 aromatic rings. The van der Waals surface area contributed by atoms with Gasteiger partial charge in [0.1, 0.15) is 10.7 Å². The van der Waals surface area contributed by atoms with Crippen LogP contribution in [0, 0.1) is 0 Å². The van der Waals surface area contributed by atoms with E-state index in [1.54, 1.807) is 0 Å². The molecule has 7 heteroatoms. The van der Waals surface area contributed by atoms with E-state index < -0.39 is 10.0 Å². The highest BCUT2D eigenvalue weighted by molar-refractivity contribution is 7.89. The first kappa shape index (κ1) is 13.2. The van der Waals surface area contributed by atoms with Crippen molar-refractivity contribution in [2.75, 3.05) is 6.54 Å². The maximum Gasteiger partial charge on any atom is 0.246 e. The molecule has 2 rings (SSSR count). The van der Waals surface area contributed by atoms with Gasteiger partial charge in [-0.3, -0.25) is 9.89 Å². The number of aromatic nitrogens is 2. The fourth-order valence-electron chi connectivity index (χ4n) is 2.34. The van der Waals surface area contributed by atoms with E-state index in [2.05, 4.69) is 10.2 Å². The number of nitrogens with one attached hydrogen (secondary N) is 1. The Kier molecular flexibility index (Phi) is 3.82. The zero-order valence-electron chi connectivity index (χ0n) is 10.3. The largest absolute Gasteiger partial charge is 0.300 e. The van der Waals surface area contributed by atoms with Crippen molar-refractivity contribution in [2.45, 2.75) is 43.5 Å². The maximum absolute atomic E-state index is 12.4. The van der Waals surface area contributed by atoms with Gasteiger partial charge in [-0.2, -0.15) is 9.40 Å². The standard InChI is InChI=1S/C11H17N3O3S/c1-9(15)6-10-4-2-3-5-14(10)18(16,17)11-7-12-13-8-11/h7-8,10H,2-6H2,1H3,(H,12,13). The molecule has 6 nitrogen and oxygen atoms in total. The number of Topliss-reactive ketones (excluding diaryl/α,β-unsaturated/α-hetero) is 1. The van der Waals surface area contributed by atoms with Crippen LogP contribution in [0.4, 0.5) is 0 Å². The van der Waals surface area contributed by atoms with E-state index in [9.17, 15) is 13.2 Å². The molecule has 0 saturated carbocycles. The monoisotopic (exact) mass is 271 g/mol. The Morgan fingerprint density at radius 3 is 2.94 bits per heavy atom. The van der Waals surface area contributed by atoms with Crippen LogP contribution < -0.4 is 0 Å². The van der Waals surface area contributed by atoms with E-state index in [0.29, 0.717) is 6.54 Å². The van der Waals surface area contributed by atoms with E-state index in [1.807, 2.05) is 0 Å². The molecular formula is C11H17N3O3S. The molecule has 0 bridgehead atoms. The highest BCUT2D eigenvalue weighted by Gasteiger charge is 2.34. The Bertz CT molecular complexity index is 510. The van der Waals surface area contributed by atoms with Crippen LogP contribution in [-0.2, 0) is 14.8 Å². The Hall–Kier alpha value is -1.21. The maximum atomic E-state index is 12.4. The van der Waals surface area contributed by atoms with Crippen LogP contribution in [0.1, 0.15) is 32.6 Å². The minimum atomic E-state index is -3.53. The second-order valence-corrected chi connectivity index (χ2v) is 6.50. The van der Waals surface area contributed by atoms with Crippen LogP contribution >= 0.6 is 0 Å². The van der Waals surface area contributed by atoms with Gasteiger partial charge in [-0.15, -0.1) is 0 Å². The highest BCUT2D eigenvalue weighted by Crippen LogP contribution is 2.26. The third kappa shape index (κ3) is 2.62. The lowest BCUT2D eigenvalue weighted by Crippen LogP contribution is -2.44. The number of hydrogen-bond acceptors (Lipinski definition) is 4. The molecule has 1 fully saturated rings. The molecule has 0 aliphatic carbocycles. The fraction of sp³-hybridized carbons (Fsp3) is 0.636. The van der Waals surface area contributed by atoms with Crippen molar-refractivity contribution in [3.63, 3.8) is 0 Å². The summed E-state index contributed by atoms with van der Waals surface area (Å²) in [4.78, 5) is 11.4. The van der Waals surface area contributed by atoms with E-state index >= 15 is 0 Å². The van der Waals surface area contributed by atoms with Gasteiger partial charge in [0.25, 0.3) is 0 Å². The lowest BCUT2D eigenvalue weighted by molar-refractivity contribution is -0.118. The Labute approximate surface area is 106 Å². The molecule has 1 atom stereocenters. The molecule has 100 valence electrons. The van der Waals surface area contributed by atoms with Crippen molar-refractivity contribution in [1.82, 2.24) is 14.5 Å². The second-order valence-electron chi connectivity index (χ2n) is 4.61. The van der Waals surface area contributed by atoms with Gasteiger partial charge < -0.3 is 0 Å². The van der Waals surface area contributed by atoms with E-state index in [-0.39, 0.29) is 23.1 Å². The van der Waals surface area contributed by atoms with Crippen LogP contribution in [0.2, 0.25) is 0 Å². The predicted octanol–water partition coefficient (Wildman–Crippen LogP) is 0.932. The average Bonchev–Trinajstić information content (AvgIpc) is 2.82. The minimum absolute atomic E-state index is 0.0225. The van der Waals surface area contributed by atoms with Crippen LogP contribution in [-0.4, -0.2) is 41.3 Å². The molecule has 1 N–H and O–H groups in total. The molecule has 1 saturated heterocycles. The molecule has 0 aromatic carbocycles. The molecule has 1 aliphatic heterocycles. The number of nitrogens with zero attached hydrogens (tertiary/aromatic N) is 2. The lowest BCUT2D eigenvalue weighted by atomic mass is 10.0.